The summed E-state index contributed by atoms with van der Waals surface area (Å²) in [6, 6.07) is 15.5. The van der Waals surface area contributed by atoms with Crippen LogP contribution in [0.25, 0.3) is 10.8 Å². The summed E-state index contributed by atoms with van der Waals surface area (Å²) in [6.45, 7) is 1.54. The molecule has 0 bridgehead atoms. The van der Waals surface area contributed by atoms with Gasteiger partial charge in [-0.15, -0.1) is 0 Å². The van der Waals surface area contributed by atoms with E-state index in [0.29, 0.717) is 23.0 Å². The highest BCUT2D eigenvalue weighted by molar-refractivity contribution is 6.03. The molecule has 0 fully saturated rings. The maximum atomic E-state index is 12.5. The third-order valence-electron chi connectivity index (χ3n) is 4.22. The third kappa shape index (κ3) is 4.47. The predicted octanol–water partition coefficient (Wildman–Crippen LogP) is 2.28. The Bertz CT molecular complexity index is 1160. The number of ether oxygens (including phenoxy) is 1. The Morgan fingerprint density at radius 3 is 2.48 bits per heavy atom. The number of nitrogens with zero attached hydrogens (tertiary/aromatic N) is 3. The minimum atomic E-state index is -0.789. The number of nitriles is 1. The van der Waals surface area contributed by atoms with Crippen molar-refractivity contribution in [1.82, 2.24) is 9.78 Å². The zero-order chi connectivity index (χ0) is 20.8. The fraction of sp³-hybridized carbons (Fsp3) is 0.190. The number of carbonyl (C=O) groups excluding carboxylic acids is 2. The first-order valence-electron chi connectivity index (χ1n) is 8.96. The van der Waals surface area contributed by atoms with Crippen molar-refractivity contribution in [1.29, 1.82) is 5.26 Å². The Morgan fingerprint density at radius 2 is 1.83 bits per heavy atom. The van der Waals surface area contributed by atoms with Gasteiger partial charge in [0.1, 0.15) is 0 Å². The highest BCUT2D eigenvalue weighted by atomic mass is 16.5. The van der Waals surface area contributed by atoms with Gasteiger partial charge in [0.25, 0.3) is 11.5 Å². The Morgan fingerprint density at radius 1 is 1.14 bits per heavy atom. The van der Waals surface area contributed by atoms with Gasteiger partial charge in [0, 0.05) is 17.6 Å². The van der Waals surface area contributed by atoms with Crippen molar-refractivity contribution in [2.24, 2.45) is 0 Å². The molecule has 0 atom stereocenters. The summed E-state index contributed by atoms with van der Waals surface area (Å²) in [5, 5.41) is 16.1. The molecule has 0 radical (unpaired) electrons. The average molecular weight is 390 g/mol. The second-order valence-electron chi connectivity index (χ2n) is 6.17. The third-order valence-corrected chi connectivity index (χ3v) is 4.22. The van der Waals surface area contributed by atoms with Gasteiger partial charge in [0.05, 0.1) is 17.9 Å². The SMILES string of the molecule is CCn1nc(C(=O)OCC(=O)Nc2ccc(CC#N)cc2)c2ccccc2c1=O. The molecule has 0 saturated heterocycles. The molecule has 1 amide bonds. The number of hydrogen-bond acceptors (Lipinski definition) is 6. The van der Waals surface area contributed by atoms with Gasteiger partial charge in [-0.25, -0.2) is 9.48 Å². The van der Waals surface area contributed by atoms with Gasteiger partial charge in [-0.05, 0) is 30.7 Å². The van der Waals surface area contributed by atoms with Crippen LogP contribution in [0.2, 0.25) is 0 Å². The lowest BCUT2D eigenvalue weighted by Gasteiger charge is -2.10. The minimum Gasteiger partial charge on any atom is -0.451 e. The number of hydrogen-bond donors (Lipinski definition) is 1. The van der Waals surface area contributed by atoms with E-state index in [9.17, 15) is 14.4 Å². The number of carbonyl (C=O) groups is 2. The number of rotatable bonds is 6. The molecule has 0 spiro atoms. The van der Waals surface area contributed by atoms with Gasteiger partial charge < -0.3 is 10.1 Å². The van der Waals surface area contributed by atoms with Gasteiger partial charge in [0.2, 0.25) is 0 Å². The molecule has 8 nitrogen and oxygen atoms in total. The molecular weight excluding hydrogens is 372 g/mol. The Labute approximate surface area is 166 Å². The van der Waals surface area contributed by atoms with Crippen molar-refractivity contribution in [3.8, 4) is 6.07 Å². The van der Waals surface area contributed by atoms with Crippen molar-refractivity contribution >= 4 is 28.3 Å². The molecule has 0 aliphatic rings. The quantitative estimate of drug-likeness (QED) is 0.646. The highest BCUT2D eigenvalue weighted by Crippen LogP contribution is 2.14. The average Bonchev–Trinajstić information content (AvgIpc) is 2.74. The van der Waals surface area contributed by atoms with Gasteiger partial charge in [-0.3, -0.25) is 9.59 Å². The molecule has 1 aromatic heterocycles. The fourth-order valence-corrected chi connectivity index (χ4v) is 2.79. The zero-order valence-electron chi connectivity index (χ0n) is 15.7. The van der Waals surface area contributed by atoms with Crippen molar-refractivity contribution in [3.63, 3.8) is 0 Å². The molecule has 0 aliphatic carbocycles. The Hall–Kier alpha value is -3.99. The van der Waals surface area contributed by atoms with Gasteiger partial charge in [-0.2, -0.15) is 10.4 Å². The first-order valence-corrected chi connectivity index (χ1v) is 8.96. The van der Waals surface area contributed by atoms with E-state index >= 15 is 0 Å². The first kappa shape index (κ1) is 19.8. The van der Waals surface area contributed by atoms with Crippen LogP contribution < -0.4 is 10.9 Å². The summed E-state index contributed by atoms with van der Waals surface area (Å²) < 4.78 is 6.28. The lowest BCUT2D eigenvalue weighted by atomic mass is 10.1. The number of anilines is 1. The molecule has 3 aromatic rings. The van der Waals surface area contributed by atoms with Gasteiger partial charge >= 0.3 is 5.97 Å². The summed E-state index contributed by atoms with van der Waals surface area (Å²) in [5.41, 5.74) is 1.05. The lowest BCUT2D eigenvalue weighted by molar-refractivity contribution is -0.119. The van der Waals surface area contributed by atoms with Crippen LogP contribution in [0.1, 0.15) is 23.0 Å². The van der Waals surface area contributed by atoms with Gasteiger partial charge in [-0.1, -0.05) is 30.3 Å². The Kier molecular flexibility index (Phi) is 6.00. The van der Waals surface area contributed by atoms with Crippen LogP contribution in [-0.4, -0.2) is 28.3 Å². The van der Waals surface area contributed by atoms with E-state index in [1.54, 1.807) is 55.5 Å². The van der Waals surface area contributed by atoms with Crippen LogP contribution in [0, 0.1) is 11.3 Å². The van der Waals surface area contributed by atoms with Crippen LogP contribution in [0.15, 0.2) is 53.3 Å². The van der Waals surface area contributed by atoms with Crippen LogP contribution >= 0.6 is 0 Å². The molecule has 0 aliphatic heterocycles. The van der Waals surface area contributed by atoms with Crippen molar-refractivity contribution in [2.75, 3.05) is 11.9 Å². The number of esters is 1. The molecule has 1 heterocycles. The number of aryl methyl sites for hydroxylation is 1. The topological polar surface area (TPSA) is 114 Å². The molecule has 146 valence electrons. The molecule has 3 rings (SSSR count). The number of amides is 1. The second kappa shape index (κ2) is 8.80. The van der Waals surface area contributed by atoms with E-state index in [1.165, 1.54) is 4.68 Å². The van der Waals surface area contributed by atoms with E-state index in [0.717, 1.165) is 5.56 Å². The summed E-state index contributed by atoms with van der Waals surface area (Å²) in [5.74, 6) is -1.30. The monoisotopic (exact) mass is 390 g/mol. The molecule has 29 heavy (non-hydrogen) atoms. The molecule has 0 saturated carbocycles. The van der Waals surface area contributed by atoms with Crippen LogP contribution in [-0.2, 0) is 22.5 Å². The summed E-state index contributed by atoms with van der Waals surface area (Å²) in [7, 11) is 0. The Balaban J connectivity index is 1.71. The first-order chi connectivity index (χ1) is 14.0. The van der Waals surface area contributed by atoms with E-state index < -0.39 is 18.5 Å². The largest absolute Gasteiger partial charge is 0.451 e. The predicted molar refractivity (Wildman–Crippen MR) is 106 cm³/mol. The van der Waals surface area contributed by atoms with E-state index in [-0.39, 0.29) is 17.7 Å². The number of fused-ring (bicyclic) bond motifs is 1. The van der Waals surface area contributed by atoms with Gasteiger partial charge in [0.15, 0.2) is 12.3 Å². The molecule has 2 aromatic carbocycles. The van der Waals surface area contributed by atoms with E-state index in [4.69, 9.17) is 10.00 Å². The zero-order valence-corrected chi connectivity index (χ0v) is 15.7. The summed E-state index contributed by atoms with van der Waals surface area (Å²) >= 11 is 0. The number of aromatic nitrogens is 2. The number of benzene rings is 2. The maximum absolute atomic E-state index is 12.5. The molecule has 1 N–H and O–H groups in total. The van der Waals surface area contributed by atoms with Crippen LogP contribution in [0.5, 0.6) is 0 Å². The lowest BCUT2D eigenvalue weighted by Crippen LogP contribution is -2.27. The van der Waals surface area contributed by atoms with Crippen LogP contribution in [0.3, 0.4) is 0 Å². The van der Waals surface area contributed by atoms with Crippen molar-refractivity contribution in [3.05, 3.63) is 70.1 Å². The maximum Gasteiger partial charge on any atom is 0.359 e. The van der Waals surface area contributed by atoms with Crippen molar-refractivity contribution < 1.29 is 14.3 Å². The van der Waals surface area contributed by atoms with E-state index in [1.807, 2.05) is 6.07 Å². The molecule has 0 unspecified atom stereocenters. The normalized spacial score (nSPS) is 10.3. The molecular formula is C21H18N4O4. The molecule has 8 heteroatoms. The minimum absolute atomic E-state index is 0.0179. The summed E-state index contributed by atoms with van der Waals surface area (Å²) in [6.07, 6.45) is 0.284. The van der Waals surface area contributed by atoms with Crippen molar-refractivity contribution in [2.45, 2.75) is 19.9 Å². The van der Waals surface area contributed by atoms with Crippen LogP contribution in [0.4, 0.5) is 5.69 Å². The second-order valence-corrected chi connectivity index (χ2v) is 6.17. The smallest absolute Gasteiger partial charge is 0.359 e. The fourth-order valence-electron chi connectivity index (χ4n) is 2.79. The highest BCUT2D eigenvalue weighted by Gasteiger charge is 2.18. The standard InChI is InChI=1S/C21H18N4O4/c1-2-25-20(27)17-6-4-3-5-16(17)19(24-25)21(28)29-13-18(26)23-15-9-7-14(8-10-15)11-12-22/h3-10H,2,11,13H2,1H3,(H,23,26). The number of nitrogens with one attached hydrogen (secondary N) is 1. The van der Waals surface area contributed by atoms with E-state index in [2.05, 4.69) is 10.4 Å². The summed E-state index contributed by atoms with van der Waals surface area (Å²) in [4.78, 5) is 36.9.